The lowest BCUT2D eigenvalue weighted by molar-refractivity contribution is -0.183. The maximum atomic E-state index is 13.0. The number of amides is 1. The zero-order valence-corrected chi connectivity index (χ0v) is 10.9. The summed E-state index contributed by atoms with van der Waals surface area (Å²) in [4.78, 5) is 20.5. The van der Waals surface area contributed by atoms with Crippen molar-refractivity contribution in [2.24, 2.45) is 0 Å². The van der Waals surface area contributed by atoms with Crippen LogP contribution in [-0.4, -0.2) is 46.6 Å². The van der Waals surface area contributed by atoms with Crippen molar-refractivity contribution in [2.75, 3.05) is 13.7 Å². The predicted octanol–water partition coefficient (Wildman–Crippen LogP) is 2.04. The molecule has 1 aliphatic rings. The fourth-order valence-electron chi connectivity index (χ4n) is 2.23. The standard InChI is InChI=1S/C12H14F3N3O2/c1-20-10-6-8(16-7-17-10)11(19)18-5-3-2-4-9(18)12(13,14)15/h6-7,9H,2-5H2,1H3. The zero-order chi connectivity index (χ0) is 14.8. The van der Waals surface area contributed by atoms with E-state index in [4.69, 9.17) is 4.74 Å². The van der Waals surface area contributed by atoms with Gasteiger partial charge in [0.1, 0.15) is 18.1 Å². The molecule has 1 unspecified atom stereocenters. The summed E-state index contributed by atoms with van der Waals surface area (Å²) in [6, 6.07) is -0.505. The molecule has 110 valence electrons. The number of halogens is 3. The topological polar surface area (TPSA) is 55.3 Å². The molecule has 0 radical (unpaired) electrons. The van der Waals surface area contributed by atoms with E-state index in [1.165, 1.54) is 13.2 Å². The monoisotopic (exact) mass is 289 g/mol. The van der Waals surface area contributed by atoms with Crippen LogP contribution in [-0.2, 0) is 0 Å². The van der Waals surface area contributed by atoms with Crippen LogP contribution in [0.5, 0.6) is 5.88 Å². The first-order valence-electron chi connectivity index (χ1n) is 6.17. The lowest BCUT2D eigenvalue weighted by Crippen LogP contribution is -2.51. The smallest absolute Gasteiger partial charge is 0.408 e. The summed E-state index contributed by atoms with van der Waals surface area (Å²) < 4.78 is 43.7. The average molecular weight is 289 g/mol. The van der Waals surface area contributed by atoms with Crippen LogP contribution >= 0.6 is 0 Å². The Kier molecular flexibility index (Phi) is 4.10. The van der Waals surface area contributed by atoms with Crippen molar-refractivity contribution in [1.82, 2.24) is 14.9 Å². The summed E-state index contributed by atoms with van der Waals surface area (Å²) in [6.07, 6.45) is -2.38. The molecule has 2 heterocycles. The molecule has 1 saturated heterocycles. The SMILES string of the molecule is COc1cc(C(=O)N2CCCCC2C(F)(F)F)ncn1. The van der Waals surface area contributed by atoms with Crippen molar-refractivity contribution in [1.29, 1.82) is 0 Å². The molecule has 0 bridgehead atoms. The maximum absolute atomic E-state index is 13.0. The van der Waals surface area contributed by atoms with Gasteiger partial charge in [0.15, 0.2) is 0 Å². The molecule has 1 aromatic heterocycles. The van der Waals surface area contributed by atoms with Gasteiger partial charge in [-0.2, -0.15) is 13.2 Å². The van der Waals surface area contributed by atoms with Crippen LogP contribution in [0.15, 0.2) is 12.4 Å². The maximum Gasteiger partial charge on any atom is 0.408 e. The number of ether oxygens (including phenoxy) is 1. The molecular weight excluding hydrogens is 275 g/mol. The van der Waals surface area contributed by atoms with Gasteiger partial charge in [-0.15, -0.1) is 0 Å². The molecule has 0 spiro atoms. The van der Waals surface area contributed by atoms with E-state index < -0.39 is 18.1 Å². The molecule has 8 heteroatoms. The van der Waals surface area contributed by atoms with Crippen LogP contribution in [0.1, 0.15) is 29.8 Å². The molecule has 5 nitrogen and oxygen atoms in total. The predicted molar refractivity (Wildman–Crippen MR) is 63.3 cm³/mol. The van der Waals surface area contributed by atoms with E-state index >= 15 is 0 Å². The molecule has 1 aliphatic heterocycles. The van der Waals surface area contributed by atoms with Crippen LogP contribution in [0, 0.1) is 0 Å². The lowest BCUT2D eigenvalue weighted by atomic mass is 10.0. The van der Waals surface area contributed by atoms with E-state index in [2.05, 4.69) is 9.97 Å². The largest absolute Gasteiger partial charge is 0.481 e. The number of carbonyl (C=O) groups excluding carboxylic acids is 1. The second-order valence-corrected chi connectivity index (χ2v) is 4.50. The van der Waals surface area contributed by atoms with Crippen LogP contribution in [0.25, 0.3) is 0 Å². The number of aromatic nitrogens is 2. The Morgan fingerprint density at radius 1 is 1.40 bits per heavy atom. The summed E-state index contributed by atoms with van der Waals surface area (Å²) in [5, 5.41) is 0. The molecule has 1 aromatic rings. The molecule has 1 amide bonds. The minimum Gasteiger partial charge on any atom is -0.481 e. The quantitative estimate of drug-likeness (QED) is 0.836. The Labute approximate surface area is 113 Å². The first-order chi connectivity index (χ1) is 9.43. The van der Waals surface area contributed by atoms with E-state index in [0.29, 0.717) is 12.8 Å². The first-order valence-corrected chi connectivity index (χ1v) is 6.17. The Hall–Kier alpha value is -1.86. The van der Waals surface area contributed by atoms with E-state index in [0.717, 1.165) is 11.2 Å². The van der Waals surface area contributed by atoms with Crippen LogP contribution in [0.4, 0.5) is 13.2 Å². The number of piperidine rings is 1. The number of likely N-dealkylation sites (tertiary alicyclic amines) is 1. The van der Waals surface area contributed by atoms with Crippen molar-refractivity contribution in [2.45, 2.75) is 31.5 Å². The number of methoxy groups -OCH3 is 1. The van der Waals surface area contributed by atoms with Crippen LogP contribution in [0.3, 0.4) is 0 Å². The van der Waals surface area contributed by atoms with Crippen molar-refractivity contribution in [3.63, 3.8) is 0 Å². The molecule has 1 fully saturated rings. The fourth-order valence-corrected chi connectivity index (χ4v) is 2.23. The number of hydrogen-bond acceptors (Lipinski definition) is 4. The molecule has 20 heavy (non-hydrogen) atoms. The third-order valence-electron chi connectivity index (χ3n) is 3.21. The average Bonchev–Trinajstić information content (AvgIpc) is 2.45. The van der Waals surface area contributed by atoms with Crippen LogP contribution < -0.4 is 4.74 Å². The van der Waals surface area contributed by atoms with Gasteiger partial charge in [0.25, 0.3) is 5.91 Å². The Balaban J connectivity index is 2.25. The van der Waals surface area contributed by atoms with Crippen molar-refractivity contribution < 1.29 is 22.7 Å². The molecule has 0 aliphatic carbocycles. The summed E-state index contributed by atoms with van der Waals surface area (Å²) >= 11 is 0. The molecular formula is C12H14F3N3O2. The van der Waals surface area contributed by atoms with Crippen molar-refractivity contribution >= 4 is 5.91 Å². The van der Waals surface area contributed by atoms with Gasteiger partial charge in [0.2, 0.25) is 5.88 Å². The number of rotatable bonds is 2. The van der Waals surface area contributed by atoms with Gasteiger partial charge in [-0.1, -0.05) is 0 Å². The number of carbonyl (C=O) groups is 1. The number of alkyl halides is 3. The van der Waals surface area contributed by atoms with Gasteiger partial charge in [0.05, 0.1) is 7.11 Å². The van der Waals surface area contributed by atoms with E-state index in [1.807, 2.05) is 0 Å². The third-order valence-corrected chi connectivity index (χ3v) is 3.21. The second-order valence-electron chi connectivity index (χ2n) is 4.50. The highest BCUT2D eigenvalue weighted by Gasteiger charge is 2.46. The lowest BCUT2D eigenvalue weighted by Gasteiger charge is -2.36. The highest BCUT2D eigenvalue weighted by molar-refractivity contribution is 5.92. The zero-order valence-electron chi connectivity index (χ0n) is 10.9. The van der Waals surface area contributed by atoms with Gasteiger partial charge in [0, 0.05) is 12.6 Å². The van der Waals surface area contributed by atoms with Crippen molar-refractivity contribution in [3.8, 4) is 5.88 Å². The van der Waals surface area contributed by atoms with Gasteiger partial charge in [-0.25, -0.2) is 9.97 Å². The molecule has 0 saturated carbocycles. The number of nitrogens with zero attached hydrogens (tertiary/aromatic N) is 3. The minimum absolute atomic E-state index is 0.0720. The normalized spacial score (nSPS) is 19.8. The molecule has 0 aromatic carbocycles. The second kappa shape index (κ2) is 5.64. The fraction of sp³-hybridized carbons (Fsp3) is 0.583. The van der Waals surface area contributed by atoms with Crippen LogP contribution in [0.2, 0.25) is 0 Å². The Morgan fingerprint density at radius 2 is 2.15 bits per heavy atom. The first kappa shape index (κ1) is 14.5. The highest BCUT2D eigenvalue weighted by Crippen LogP contribution is 2.32. The Bertz CT molecular complexity index is 493. The van der Waals surface area contributed by atoms with E-state index in [1.54, 1.807) is 0 Å². The molecule has 2 rings (SSSR count). The highest BCUT2D eigenvalue weighted by atomic mass is 19.4. The van der Waals surface area contributed by atoms with Gasteiger partial charge < -0.3 is 9.64 Å². The van der Waals surface area contributed by atoms with E-state index in [9.17, 15) is 18.0 Å². The molecule has 0 N–H and O–H groups in total. The summed E-state index contributed by atoms with van der Waals surface area (Å²) in [6.45, 7) is 0.0787. The minimum atomic E-state index is -4.42. The van der Waals surface area contributed by atoms with Gasteiger partial charge in [-0.3, -0.25) is 4.79 Å². The van der Waals surface area contributed by atoms with Crippen molar-refractivity contribution in [3.05, 3.63) is 18.1 Å². The van der Waals surface area contributed by atoms with E-state index in [-0.39, 0.29) is 24.5 Å². The summed E-state index contributed by atoms with van der Waals surface area (Å²) in [5.74, 6) is -0.600. The Morgan fingerprint density at radius 3 is 2.80 bits per heavy atom. The third kappa shape index (κ3) is 3.00. The molecule has 1 atom stereocenters. The van der Waals surface area contributed by atoms with Gasteiger partial charge >= 0.3 is 6.18 Å². The summed E-state index contributed by atoms with van der Waals surface area (Å²) in [5.41, 5.74) is -0.0898. The summed E-state index contributed by atoms with van der Waals surface area (Å²) in [7, 11) is 1.36. The van der Waals surface area contributed by atoms with Gasteiger partial charge in [-0.05, 0) is 19.3 Å². The number of hydrogen-bond donors (Lipinski definition) is 0.